The molecule has 3 unspecified atom stereocenters. The fourth-order valence-electron chi connectivity index (χ4n) is 5.10. The van der Waals surface area contributed by atoms with E-state index >= 15 is 0 Å². The lowest BCUT2D eigenvalue weighted by molar-refractivity contribution is -0.124. The van der Waals surface area contributed by atoms with E-state index < -0.39 is 0 Å². The lowest BCUT2D eigenvalue weighted by Gasteiger charge is -2.30. The number of carbonyl (C=O) groups excluding carboxylic acids is 1. The number of unbranched alkanes of at least 4 members (excludes halogenated alkanes) is 1. The van der Waals surface area contributed by atoms with Crippen LogP contribution in [0.4, 0.5) is 0 Å². The van der Waals surface area contributed by atoms with Crippen molar-refractivity contribution in [3.05, 3.63) is 50.7 Å². The van der Waals surface area contributed by atoms with Crippen LogP contribution in [0.5, 0.6) is 0 Å². The van der Waals surface area contributed by atoms with E-state index in [0.29, 0.717) is 33.0 Å². The van der Waals surface area contributed by atoms with E-state index in [2.05, 4.69) is 17.9 Å². The first kappa shape index (κ1) is 23.1. The van der Waals surface area contributed by atoms with Gasteiger partial charge in [-0.25, -0.2) is 0 Å². The molecule has 2 heterocycles. The second kappa shape index (κ2) is 9.93. The maximum absolute atomic E-state index is 13.4. The molecule has 3 atom stereocenters. The maximum atomic E-state index is 13.4. The number of aliphatic hydroxyl groups is 1. The summed E-state index contributed by atoms with van der Waals surface area (Å²) in [5, 5.41) is 9.75. The van der Waals surface area contributed by atoms with Crippen LogP contribution in [0.2, 0.25) is 5.02 Å². The molecule has 170 valence electrons. The summed E-state index contributed by atoms with van der Waals surface area (Å²) in [7, 11) is 0. The van der Waals surface area contributed by atoms with E-state index in [0.717, 1.165) is 33.2 Å². The molecule has 2 aromatic rings. The Morgan fingerprint density at radius 1 is 1.24 bits per heavy atom. The van der Waals surface area contributed by atoms with Crippen LogP contribution in [0.15, 0.2) is 35.2 Å². The Bertz CT molecular complexity index is 1170. The summed E-state index contributed by atoms with van der Waals surface area (Å²) in [6.45, 7) is 0.132. The minimum absolute atomic E-state index is 0.0446. The van der Waals surface area contributed by atoms with Crippen molar-refractivity contribution in [1.29, 1.82) is 0 Å². The van der Waals surface area contributed by atoms with E-state index in [1.54, 1.807) is 11.3 Å². The monoisotopic (exact) mass is 513 g/mol. The number of benzene rings is 1. The third-order valence-electron chi connectivity index (χ3n) is 6.69. The first-order valence-electron chi connectivity index (χ1n) is 11.3. The van der Waals surface area contributed by atoms with Gasteiger partial charge in [0.2, 0.25) is 0 Å². The van der Waals surface area contributed by atoms with Crippen LogP contribution in [0, 0.1) is 23.7 Å². The molecule has 1 aromatic carbocycles. The molecule has 3 fully saturated rings. The van der Waals surface area contributed by atoms with Gasteiger partial charge in [-0.1, -0.05) is 66.0 Å². The molecule has 0 spiro atoms. The van der Waals surface area contributed by atoms with E-state index in [4.69, 9.17) is 28.9 Å². The molecule has 33 heavy (non-hydrogen) atoms. The molecule has 5 rings (SSSR count). The van der Waals surface area contributed by atoms with Crippen LogP contribution >= 0.6 is 46.9 Å². The Labute approximate surface area is 213 Å². The Kier molecular flexibility index (Phi) is 6.96. The van der Waals surface area contributed by atoms with Crippen molar-refractivity contribution in [2.75, 3.05) is 6.61 Å². The number of thiocarbonyl (C=S) groups is 1. The largest absolute Gasteiger partial charge is 0.396 e. The number of halogens is 1. The summed E-state index contributed by atoms with van der Waals surface area (Å²) in [4.78, 5) is 18.0. The van der Waals surface area contributed by atoms with Gasteiger partial charge in [-0.3, -0.25) is 9.69 Å². The van der Waals surface area contributed by atoms with Crippen LogP contribution in [0.25, 0.3) is 16.5 Å². The van der Waals surface area contributed by atoms with Gasteiger partial charge in [0.1, 0.15) is 4.32 Å². The number of thioether (sulfide) groups is 1. The van der Waals surface area contributed by atoms with E-state index in [9.17, 15) is 4.79 Å². The smallest absolute Gasteiger partial charge is 0.266 e. The molecule has 1 aliphatic heterocycles. The minimum atomic E-state index is 0.0446. The van der Waals surface area contributed by atoms with Crippen LogP contribution in [0.3, 0.4) is 0 Å². The highest BCUT2D eigenvalue weighted by atomic mass is 35.5. The molecule has 1 saturated heterocycles. The van der Waals surface area contributed by atoms with Crippen molar-refractivity contribution in [2.24, 2.45) is 11.8 Å². The van der Waals surface area contributed by atoms with Crippen molar-refractivity contribution >= 4 is 63.2 Å². The Morgan fingerprint density at radius 2 is 2.06 bits per heavy atom. The zero-order valence-corrected chi connectivity index (χ0v) is 21.3. The van der Waals surface area contributed by atoms with Gasteiger partial charge in [-0.15, -0.1) is 11.3 Å². The van der Waals surface area contributed by atoms with Crippen molar-refractivity contribution in [3.63, 3.8) is 0 Å². The zero-order chi connectivity index (χ0) is 22.9. The SMILES string of the molecule is O=C1C(=Cc2sc(-c3ccc(Cl)cc3)cc2C#CCCCO)SC(=S)N1C1CC2CCC1C2. The summed E-state index contributed by atoms with van der Waals surface area (Å²) < 4.78 is 0.689. The standard InChI is InChI=1S/C26H24ClNO2S3/c27-20-9-7-17(8-10-20)22-14-19(4-2-1-3-11-29)23(32-22)15-24-25(30)28(26(31)33-24)21-13-16-5-6-18(21)12-16/h7-10,14-16,18,21,29H,1,3,5-6,11-13H2. The lowest BCUT2D eigenvalue weighted by atomic mass is 9.94. The molecule has 0 radical (unpaired) electrons. The Balaban J connectivity index is 1.45. The van der Waals surface area contributed by atoms with Gasteiger partial charge in [-0.2, -0.15) is 0 Å². The summed E-state index contributed by atoms with van der Waals surface area (Å²) in [6, 6.07) is 10.1. The van der Waals surface area contributed by atoms with E-state index in [1.165, 1.54) is 31.0 Å². The van der Waals surface area contributed by atoms with Gasteiger partial charge < -0.3 is 5.11 Å². The van der Waals surface area contributed by atoms with E-state index in [1.807, 2.05) is 35.2 Å². The molecule has 1 aromatic heterocycles. The molecule has 3 nitrogen and oxygen atoms in total. The molecule has 7 heteroatoms. The van der Waals surface area contributed by atoms with Crippen LogP contribution in [-0.2, 0) is 4.79 Å². The van der Waals surface area contributed by atoms with E-state index in [-0.39, 0.29) is 18.6 Å². The number of carbonyl (C=O) groups is 1. The number of rotatable bonds is 5. The van der Waals surface area contributed by atoms with Crippen molar-refractivity contribution in [3.8, 4) is 22.3 Å². The van der Waals surface area contributed by atoms with Gasteiger partial charge in [-0.05, 0) is 67.4 Å². The van der Waals surface area contributed by atoms with Gasteiger partial charge in [0.25, 0.3) is 5.91 Å². The summed E-state index contributed by atoms with van der Waals surface area (Å²) >= 11 is 14.8. The Hall–Kier alpha value is -1.62. The number of aliphatic hydroxyl groups excluding tert-OH is 1. The van der Waals surface area contributed by atoms with Crippen LogP contribution < -0.4 is 0 Å². The lowest BCUT2D eigenvalue weighted by Crippen LogP contribution is -2.41. The highest BCUT2D eigenvalue weighted by molar-refractivity contribution is 8.26. The van der Waals surface area contributed by atoms with Crippen LogP contribution in [0.1, 0.15) is 49.0 Å². The normalized spacial score (nSPS) is 25.2. The predicted molar refractivity (Wildman–Crippen MR) is 142 cm³/mol. The summed E-state index contributed by atoms with van der Waals surface area (Å²) in [5.74, 6) is 7.80. The van der Waals surface area contributed by atoms with Gasteiger partial charge in [0.15, 0.2) is 0 Å². The number of thiophene rings is 1. The topological polar surface area (TPSA) is 40.5 Å². The third-order valence-corrected chi connectivity index (χ3v) is 9.40. The molecule has 2 aliphatic carbocycles. The van der Waals surface area contributed by atoms with Gasteiger partial charge >= 0.3 is 0 Å². The fraction of sp³-hybridized carbons (Fsp3) is 0.385. The van der Waals surface area contributed by atoms with Crippen LogP contribution in [-0.4, -0.2) is 32.9 Å². The summed E-state index contributed by atoms with van der Waals surface area (Å²) in [6.07, 6.45) is 8.09. The Morgan fingerprint density at radius 3 is 2.76 bits per heavy atom. The molecule has 1 amide bonds. The average molecular weight is 514 g/mol. The zero-order valence-electron chi connectivity index (χ0n) is 18.1. The molecular weight excluding hydrogens is 490 g/mol. The first-order chi connectivity index (χ1) is 16.0. The fourth-order valence-corrected chi connectivity index (χ4v) is 7.72. The number of amides is 1. The molecule has 1 N–H and O–H groups in total. The second-order valence-electron chi connectivity index (χ2n) is 8.82. The highest BCUT2D eigenvalue weighted by Crippen LogP contribution is 2.49. The quantitative estimate of drug-likeness (QED) is 0.212. The van der Waals surface area contributed by atoms with Gasteiger partial charge in [0, 0.05) is 39.4 Å². The molecular formula is C26H24ClNO2S3. The minimum Gasteiger partial charge on any atom is -0.396 e. The first-order valence-corrected chi connectivity index (χ1v) is 13.7. The van der Waals surface area contributed by atoms with Crippen molar-refractivity contribution < 1.29 is 9.90 Å². The molecule has 2 bridgehead atoms. The van der Waals surface area contributed by atoms with Crippen molar-refractivity contribution in [2.45, 2.75) is 44.6 Å². The average Bonchev–Trinajstić information content (AvgIpc) is 3.57. The summed E-state index contributed by atoms with van der Waals surface area (Å²) in [5.41, 5.74) is 1.96. The third kappa shape index (κ3) is 4.80. The number of nitrogens with zero attached hydrogens (tertiary/aromatic N) is 1. The predicted octanol–water partition coefficient (Wildman–Crippen LogP) is 6.58. The number of hydrogen-bond acceptors (Lipinski definition) is 5. The molecule has 3 aliphatic rings. The number of hydrogen-bond donors (Lipinski definition) is 1. The second-order valence-corrected chi connectivity index (χ2v) is 12.0. The van der Waals surface area contributed by atoms with Crippen molar-refractivity contribution in [1.82, 2.24) is 4.90 Å². The number of fused-ring (bicyclic) bond motifs is 2. The highest BCUT2D eigenvalue weighted by Gasteiger charge is 2.47. The maximum Gasteiger partial charge on any atom is 0.266 e. The van der Waals surface area contributed by atoms with Gasteiger partial charge in [0.05, 0.1) is 4.91 Å². The molecule has 2 saturated carbocycles.